The number of ether oxygens (including phenoxy) is 1. The van der Waals surface area contributed by atoms with Gasteiger partial charge in [-0.15, -0.1) is 0 Å². The average molecular weight is 332 g/mol. The van der Waals surface area contributed by atoms with Crippen LogP contribution in [0.25, 0.3) is 0 Å². The second-order valence-corrected chi connectivity index (χ2v) is 6.92. The summed E-state index contributed by atoms with van der Waals surface area (Å²) in [5, 5.41) is 12.7. The van der Waals surface area contributed by atoms with Gasteiger partial charge in [0, 0.05) is 19.1 Å². The van der Waals surface area contributed by atoms with Crippen LogP contribution in [0.15, 0.2) is 30.3 Å². The molecule has 0 aromatic heterocycles. The first-order chi connectivity index (χ1) is 11.7. The molecule has 0 unspecified atom stereocenters. The van der Waals surface area contributed by atoms with Gasteiger partial charge in [-0.05, 0) is 44.1 Å². The van der Waals surface area contributed by atoms with Crippen LogP contribution in [0.2, 0.25) is 0 Å². The van der Waals surface area contributed by atoms with Gasteiger partial charge in [-0.1, -0.05) is 30.3 Å². The summed E-state index contributed by atoms with van der Waals surface area (Å²) in [4.78, 5) is 14.3. The predicted octanol–water partition coefficient (Wildman–Crippen LogP) is 2.33. The molecule has 1 aromatic carbocycles. The third kappa shape index (κ3) is 4.95. The van der Waals surface area contributed by atoms with E-state index in [0.29, 0.717) is 19.7 Å². The molecule has 1 heterocycles. The summed E-state index contributed by atoms with van der Waals surface area (Å²) in [5.41, 5.74) is 1.31. The van der Waals surface area contributed by atoms with E-state index in [9.17, 15) is 9.90 Å². The lowest BCUT2D eigenvalue weighted by atomic mass is 9.93. The number of carbonyl (C=O) groups excluding carboxylic acids is 1. The number of benzene rings is 1. The van der Waals surface area contributed by atoms with Crippen LogP contribution in [0, 0.1) is 0 Å². The van der Waals surface area contributed by atoms with Crippen molar-refractivity contribution in [2.75, 3.05) is 19.7 Å². The molecule has 0 bridgehead atoms. The molecule has 3 rings (SSSR count). The number of amides is 2. The van der Waals surface area contributed by atoms with Crippen molar-refractivity contribution in [1.29, 1.82) is 0 Å². The van der Waals surface area contributed by atoms with E-state index in [-0.39, 0.29) is 24.3 Å². The van der Waals surface area contributed by atoms with Gasteiger partial charge >= 0.3 is 6.03 Å². The van der Waals surface area contributed by atoms with Gasteiger partial charge in [-0.25, -0.2) is 4.79 Å². The molecule has 5 heteroatoms. The topological polar surface area (TPSA) is 61.8 Å². The zero-order valence-electron chi connectivity index (χ0n) is 14.2. The smallest absolute Gasteiger partial charge is 0.317 e. The maximum Gasteiger partial charge on any atom is 0.317 e. The Morgan fingerprint density at radius 1 is 1.21 bits per heavy atom. The number of hydrogen-bond acceptors (Lipinski definition) is 3. The maximum atomic E-state index is 12.5. The Bertz CT molecular complexity index is 515. The molecule has 2 fully saturated rings. The standard InChI is InChI=1S/C19H28N2O3/c22-17-9-7-16(8-10-17)20-19(23)21-12-13-24-18(14-21)11-6-15-4-2-1-3-5-15/h1-5,16-18,22H,6-14H2,(H,20,23)/t16?,17?,18-/m0/s1. The molecule has 1 atom stereocenters. The van der Waals surface area contributed by atoms with Crippen molar-refractivity contribution in [3.05, 3.63) is 35.9 Å². The Balaban J connectivity index is 1.43. The first-order valence-corrected chi connectivity index (χ1v) is 9.10. The third-order valence-corrected chi connectivity index (χ3v) is 5.05. The number of aliphatic hydroxyl groups is 1. The first-order valence-electron chi connectivity index (χ1n) is 9.10. The monoisotopic (exact) mass is 332 g/mol. The van der Waals surface area contributed by atoms with Crippen LogP contribution in [0.1, 0.15) is 37.7 Å². The Hall–Kier alpha value is -1.59. The highest BCUT2D eigenvalue weighted by Gasteiger charge is 2.27. The SMILES string of the molecule is O=C(NC1CCC(O)CC1)N1CCO[C@@H](CCc2ccccc2)C1. The van der Waals surface area contributed by atoms with Crippen LogP contribution < -0.4 is 5.32 Å². The second kappa shape index (κ2) is 8.49. The molecule has 1 saturated carbocycles. The van der Waals surface area contributed by atoms with E-state index >= 15 is 0 Å². The molecule has 1 aliphatic heterocycles. The van der Waals surface area contributed by atoms with Gasteiger partial charge in [0.2, 0.25) is 0 Å². The number of carbonyl (C=O) groups is 1. The molecule has 132 valence electrons. The van der Waals surface area contributed by atoms with Gasteiger partial charge in [0.05, 0.1) is 18.8 Å². The summed E-state index contributed by atoms with van der Waals surface area (Å²) in [6, 6.07) is 10.6. The number of rotatable bonds is 4. The number of aryl methyl sites for hydroxylation is 1. The highest BCUT2D eigenvalue weighted by Crippen LogP contribution is 2.19. The van der Waals surface area contributed by atoms with Crippen molar-refractivity contribution in [3.63, 3.8) is 0 Å². The third-order valence-electron chi connectivity index (χ3n) is 5.05. The highest BCUT2D eigenvalue weighted by atomic mass is 16.5. The van der Waals surface area contributed by atoms with Crippen LogP contribution in [-0.2, 0) is 11.2 Å². The van der Waals surface area contributed by atoms with E-state index in [1.54, 1.807) is 0 Å². The number of nitrogens with zero attached hydrogens (tertiary/aromatic N) is 1. The number of hydrogen-bond donors (Lipinski definition) is 2. The van der Waals surface area contributed by atoms with E-state index in [1.165, 1.54) is 5.56 Å². The first kappa shape index (κ1) is 17.2. The molecule has 2 aliphatic rings. The molecular weight excluding hydrogens is 304 g/mol. The fourth-order valence-corrected chi connectivity index (χ4v) is 3.54. The minimum Gasteiger partial charge on any atom is -0.393 e. The molecule has 0 spiro atoms. The second-order valence-electron chi connectivity index (χ2n) is 6.92. The maximum absolute atomic E-state index is 12.5. The fraction of sp³-hybridized carbons (Fsp3) is 0.632. The van der Waals surface area contributed by atoms with Gasteiger partial charge in [0.15, 0.2) is 0 Å². The summed E-state index contributed by atoms with van der Waals surface area (Å²) >= 11 is 0. The average Bonchev–Trinajstić information content (AvgIpc) is 2.63. The molecule has 5 nitrogen and oxygen atoms in total. The lowest BCUT2D eigenvalue weighted by Crippen LogP contribution is -2.52. The van der Waals surface area contributed by atoms with Gasteiger partial charge in [-0.3, -0.25) is 0 Å². The van der Waals surface area contributed by atoms with Crippen LogP contribution in [-0.4, -0.2) is 54.0 Å². The Morgan fingerprint density at radius 3 is 2.71 bits per heavy atom. The van der Waals surface area contributed by atoms with E-state index < -0.39 is 0 Å². The zero-order chi connectivity index (χ0) is 16.8. The largest absolute Gasteiger partial charge is 0.393 e. The van der Waals surface area contributed by atoms with Crippen molar-refractivity contribution in [3.8, 4) is 0 Å². The van der Waals surface area contributed by atoms with Crippen LogP contribution in [0.3, 0.4) is 0 Å². The summed E-state index contributed by atoms with van der Waals surface area (Å²) in [5.74, 6) is 0. The van der Waals surface area contributed by atoms with Crippen molar-refractivity contribution in [2.45, 2.75) is 56.8 Å². The van der Waals surface area contributed by atoms with Gasteiger partial charge in [-0.2, -0.15) is 0 Å². The molecule has 0 radical (unpaired) electrons. The molecule has 1 aliphatic carbocycles. The molecular formula is C19H28N2O3. The lowest BCUT2D eigenvalue weighted by molar-refractivity contribution is -0.0182. The summed E-state index contributed by atoms with van der Waals surface area (Å²) < 4.78 is 5.83. The van der Waals surface area contributed by atoms with Crippen LogP contribution >= 0.6 is 0 Å². The van der Waals surface area contributed by atoms with Gasteiger partial charge in [0.25, 0.3) is 0 Å². The fourth-order valence-electron chi connectivity index (χ4n) is 3.54. The van der Waals surface area contributed by atoms with Crippen molar-refractivity contribution >= 4 is 6.03 Å². The van der Waals surface area contributed by atoms with E-state index in [2.05, 4.69) is 29.6 Å². The zero-order valence-corrected chi connectivity index (χ0v) is 14.2. The molecule has 2 amide bonds. The molecule has 24 heavy (non-hydrogen) atoms. The van der Waals surface area contributed by atoms with Crippen LogP contribution in [0.4, 0.5) is 4.79 Å². The Labute approximate surface area is 144 Å². The van der Waals surface area contributed by atoms with E-state index in [1.807, 2.05) is 11.0 Å². The van der Waals surface area contributed by atoms with Crippen molar-refractivity contribution in [2.24, 2.45) is 0 Å². The molecule has 1 aromatic rings. The lowest BCUT2D eigenvalue weighted by Gasteiger charge is -2.35. The highest BCUT2D eigenvalue weighted by molar-refractivity contribution is 5.74. The van der Waals surface area contributed by atoms with Gasteiger partial charge < -0.3 is 20.1 Å². The normalized spacial score (nSPS) is 27.7. The number of morpholine rings is 1. The quantitative estimate of drug-likeness (QED) is 0.889. The van der Waals surface area contributed by atoms with E-state index in [0.717, 1.165) is 38.5 Å². The van der Waals surface area contributed by atoms with Gasteiger partial charge in [0.1, 0.15) is 0 Å². The predicted molar refractivity (Wildman–Crippen MR) is 92.9 cm³/mol. The summed E-state index contributed by atoms with van der Waals surface area (Å²) in [7, 11) is 0. The molecule has 1 saturated heterocycles. The Kier molecular flexibility index (Phi) is 6.10. The van der Waals surface area contributed by atoms with Crippen molar-refractivity contribution < 1.29 is 14.6 Å². The minimum absolute atomic E-state index is 0.0180. The summed E-state index contributed by atoms with van der Waals surface area (Å²) in [6.07, 6.45) is 5.14. The summed E-state index contributed by atoms with van der Waals surface area (Å²) in [6.45, 7) is 1.92. The number of urea groups is 1. The Morgan fingerprint density at radius 2 is 1.96 bits per heavy atom. The van der Waals surface area contributed by atoms with Crippen molar-refractivity contribution in [1.82, 2.24) is 10.2 Å². The van der Waals surface area contributed by atoms with Crippen LogP contribution in [0.5, 0.6) is 0 Å². The number of aliphatic hydroxyl groups excluding tert-OH is 1. The molecule has 2 N–H and O–H groups in total. The number of nitrogens with one attached hydrogen (secondary N) is 1. The minimum atomic E-state index is -0.191. The van der Waals surface area contributed by atoms with E-state index in [4.69, 9.17) is 4.74 Å².